The predicted octanol–water partition coefficient (Wildman–Crippen LogP) is 2.98. The molecule has 1 aliphatic rings. The van der Waals surface area contributed by atoms with E-state index in [1.807, 2.05) is 6.07 Å². The van der Waals surface area contributed by atoms with Crippen molar-refractivity contribution in [2.45, 2.75) is 58.9 Å². The Hall–Kier alpha value is -1.32. The first kappa shape index (κ1) is 14.1. The summed E-state index contributed by atoms with van der Waals surface area (Å²) in [7, 11) is 0. The zero-order valence-electron chi connectivity index (χ0n) is 12.8. The normalized spacial score (nSPS) is 24.6. The van der Waals surface area contributed by atoms with Crippen LogP contribution in [0, 0.1) is 5.92 Å². The van der Waals surface area contributed by atoms with Crippen molar-refractivity contribution in [3.63, 3.8) is 0 Å². The van der Waals surface area contributed by atoms with Gasteiger partial charge in [-0.3, -0.25) is 0 Å². The van der Waals surface area contributed by atoms with Gasteiger partial charge in [-0.25, -0.2) is 9.97 Å². The van der Waals surface area contributed by atoms with Crippen molar-refractivity contribution in [2.75, 3.05) is 17.2 Å². The Morgan fingerprint density at radius 1 is 1.26 bits per heavy atom. The summed E-state index contributed by atoms with van der Waals surface area (Å²) in [5.41, 5.74) is 5.89. The Bertz CT molecular complexity index is 450. The van der Waals surface area contributed by atoms with Crippen molar-refractivity contribution in [3.8, 4) is 0 Å². The molecule has 2 atom stereocenters. The van der Waals surface area contributed by atoms with E-state index < -0.39 is 0 Å². The predicted molar refractivity (Wildman–Crippen MR) is 80.4 cm³/mol. The molecule has 0 amide bonds. The second-order valence-corrected chi connectivity index (χ2v) is 6.78. The zero-order chi connectivity index (χ0) is 14.2. The van der Waals surface area contributed by atoms with Crippen molar-refractivity contribution < 1.29 is 0 Å². The third kappa shape index (κ3) is 2.99. The summed E-state index contributed by atoms with van der Waals surface area (Å²) in [6.45, 7) is 12.0. The SMILES string of the molecule is CC1CCCN(c2cc(N)nc(C(C)(C)C)n2)C1C. The van der Waals surface area contributed by atoms with Crippen LogP contribution in [0.15, 0.2) is 6.07 Å². The molecule has 0 saturated carbocycles. The van der Waals surface area contributed by atoms with Crippen LogP contribution < -0.4 is 10.6 Å². The molecule has 1 aromatic rings. The summed E-state index contributed by atoms with van der Waals surface area (Å²) >= 11 is 0. The van der Waals surface area contributed by atoms with Gasteiger partial charge < -0.3 is 10.6 Å². The van der Waals surface area contributed by atoms with Gasteiger partial charge in [-0.15, -0.1) is 0 Å². The van der Waals surface area contributed by atoms with Gasteiger partial charge in [0.05, 0.1) is 0 Å². The molecule has 4 heteroatoms. The number of nitrogens with zero attached hydrogens (tertiary/aromatic N) is 3. The third-order valence-electron chi connectivity index (χ3n) is 4.07. The number of rotatable bonds is 1. The van der Waals surface area contributed by atoms with E-state index in [4.69, 9.17) is 10.7 Å². The molecule has 19 heavy (non-hydrogen) atoms. The van der Waals surface area contributed by atoms with Crippen LogP contribution in [0.2, 0.25) is 0 Å². The fourth-order valence-electron chi connectivity index (χ4n) is 2.59. The van der Waals surface area contributed by atoms with Gasteiger partial charge in [0, 0.05) is 24.1 Å². The number of aromatic nitrogens is 2. The molecule has 0 aromatic carbocycles. The molecule has 2 heterocycles. The quantitative estimate of drug-likeness (QED) is 0.845. The Kier molecular flexibility index (Phi) is 3.70. The Labute approximate surface area is 116 Å². The van der Waals surface area contributed by atoms with Crippen LogP contribution in [0.1, 0.15) is 53.3 Å². The van der Waals surface area contributed by atoms with Gasteiger partial charge in [0.15, 0.2) is 0 Å². The van der Waals surface area contributed by atoms with Gasteiger partial charge >= 0.3 is 0 Å². The highest BCUT2D eigenvalue weighted by Gasteiger charge is 2.27. The summed E-state index contributed by atoms with van der Waals surface area (Å²) in [4.78, 5) is 11.5. The average molecular weight is 262 g/mol. The summed E-state index contributed by atoms with van der Waals surface area (Å²) in [6, 6.07) is 2.42. The van der Waals surface area contributed by atoms with Gasteiger partial charge in [-0.05, 0) is 25.7 Å². The molecule has 1 aromatic heterocycles. The van der Waals surface area contributed by atoms with E-state index in [0.717, 1.165) is 18.2 Å². The van der Waals surface area contributed by atoms with Gasteiger partial charge in [-0.1, -0.05) is 27.7 Å². The van der Waals surface area contributed by atoms with Crippen LogP contribution >= 0.6 is 0 Å². The maximum Gasteiger partial charge on any atom is 0.138 e. The molecule has 4 nitrogen and oxygen atoms in total. The van der Waals surface area contributed by atoms with Crippen molar-refractivity contribution in [1.29, 1.82) is 0 Å². The smallest absolute Gasteiger partial charge is 0.138 e. The minimum atomic E-state index is -0.0746. The molecule has 0 bridgehead atoms. The Morgan fingerprint density at radius 3 is 2.58 bits per heavy atom. The van der Waals surface area contributed by atoms with Crippen molar-refractivity contribution in [3.05, 3.63) is 11.9 Å². The fraction of sp³-hybridized carbons (Fsp3) is 0.733. The number of hydrogen-bond donors (Lipinski definition) is 1. The van der Waals surface area contributed by atoms with Crippen LogP contribution in [0.5, 0.6) is 0 Å². The van der Waals surface area contributed by atoms with Crippen molar-refractivity contribution in [1.82, 2.24) is 9.97 Å². The third-order valence-corrected chi connectivity index (χ3v) is 4.07. The number of nitrogen functional groups attached to an aromatic ring is 1. The monoisotopic (exact) mass is 262 g/mol. The van der Waals surface area contributed by atoms with Crippen molar-refractivity contribution in [2.24, 2.45) is 5.92 Å². The van der Waals surface area contributed by atoms with Gasteiger partial charge in [0.2, 0.25) is 0 Å². The second-order valence-electron chi connectivity index (χ2n) is 6.78. The number of hydrogen-bond acceptors (Lipinski definition) is 4. The highest BCUT2D eigenvalue weighted by atomic mass is 15.2. The summed E-state index contributed by atoms with van der Waals surface area (Å²) in [5.74, 6) is 3.08. The highest BCUT2D eigenvalue weighted by Crippen LogP contribution is 2.29. The van der Waals surface area contributed by atoms with Crippen LogP contribution in [0.4, 0.5) is 11.6 Å². The lowest BCUT2D eigenvalue weighted by Gasteiger charge is -2.39. The lowest BCUT2D eigenvalue weighted by atomic mass is 9.92. The Balaban J connectivity index is 2.36. The average Bonchev–Trinajstić information content (AvgIpc) is 2.31. The first-order chi connectivity index (χ1) is 8.79. The summed E-state index contributed by atoms with van der Waals surface area (Å²) in [6.07, 6.45) is 2.52. The van der Waals surface area contributed by atoms with Crippen LogP contribution in [-0.4, -0.2) is 22.6 Å². The molecular formula is C15H26N4. The number of anilines is 2. The minimum absolute atomic E-state index is 0.0746. The van der Waals surface area contributed by atoms with E-state index in [1.165, 1.54) is 12.8 Å². The molecule has 0 spiro atoms. The van der Waals surface area contributed by atoms with E-state index in [1.54, 1.807) is 0 Å². The van der Waals surface area contributed by atoms with Crippen LogP contribution in [-0.2, 0) is 5.41 Å². The van der Waals surface area contributed by atoms with Crippen LogP contribution in [0.25, 0.3) is 0 Å². The lowest BCUT2D eigenvalue weighted by molar-refractivity contribution is 0.361. The van der Waals surface area contributed by atoms with E-state index >= 15 is 0 Å². The standard InChI is InChI=1S/C15H26N4/c1-10-7-6-8-19(11(10)2)13-9-12(16)17-14(18-13)15(3,4)5/h9-11H,6-8H2,1-5H3,(H2,16,17,18). The molecule has 106 valence electrons. The van der Waals surface area contributed by atoms with Gasteiger partial charge in [-0.2, -0.15) is 0 Å². The molecule has 0 radical (unpaired) electrons. The molecule has 2 N–H and O–H groups in total. The number of piperidine rings is 1. The van der Waals surface area contributed by atoms with E-state index in [9.17, 15) is 0 Å². The molecule has 0 aliphatic carbocycles. The molecule has 1 fully saturated rings. The molecule has 2 unspecified atom stereocenters. The first-order valence-corrected chi connectivity index (χ1v) is 7.20. The Morgan fingerprint density at radius 2 is 1.95 bits per heavy atom. The molecule has 1 saturated heterocycles. The minimum Gasteiger partial charge on any atom is -0.384 e. The summed E-state index contributed by atoms with van der Waals surface area (Å²) in [5, 5.41) is 0. The number of nitrogens with two attached hydrogens (primary N) is 1. The lowest BCUT2D eigenvalue weighted by Crippen LogP contribution is -2.43. The highest BCUT2D eigenvalue weighted by molar-refractivity contribution is 5.48. The van der Waals surface area contributed by atoms with Crippen LogP contribution in [0.3, 0.4) is 0 Å². The van der Waals surface area contributed by atoms with Crippen molar-refractivity contribution >= 4 is 11.6 Å². The van der Waals surface area contributed by atoms with E-state index in [0.29, 0.717) is 17.8 Å². The molecule has 2 rings (SSSR count). The second kappa shape index (κ2) is 4.99. The maximum atomic E-state index is 5.97. The van der Waals surface area contributed by atoms with Gasteiger partial charge in [0.1, 0.15) is 17.5 Å². The van der Waals surface area contributed by atoms with E-state index in [2.05, 4.69) is 44.5 Å². The first-order valence-electron chi connectivity index (χ1n) is 7.20. The largest absolute Gasteiger partial charge is 0.384 e. The van der Waals surface area contributed by atoms with E-state index in [-0.39, 0.29) is 5.41 Å². The topological polar surface area (TPSA) is 55.0 Å². The summed E-state index contributed by atoms with van der Waals surface area (Å²) < 4.78 is 0. The molecule has 1 aliphatic heterocycles. The maximum absolute atomic E-state index is 5.97. The zero-order valence-corrected chi connectivity index (χ0v) is 12.8. The fourth-order valence-corrected chi connectivity index (χ4v) is 2.59. The molecular weight excluding hydrogens is 236 g/mol. The van der Waals surface area contributed by atoms with Gasteiger partial charge in [0.25, 0.3) is 0 Å².